The SMILES string of the molecule is CCC(C)C1NC(=O)C(c2ccc(O)cc2)NC(=O)CCSSCC(C(=O)N2CCCC2C(=O)NC(CCCNC(=O)c2ccc3c(c2)C2(OC3=O)c3ccc(O)cc3Oc3cc(O)ccc32)C(=O)NCN)NC(=O)C(CC(N)=O)NC(=O)C(C(C)O)NC1=O. The number of fused-ring (bicyclic) bond motifs is 6. The third-order valence-corrected chi connectivity index (χ3v) is 18.2. The fourth-order valence-electron chi connectivity index (χ4n) is 10.9. The first-order valence-corrected chi connectivity index (χ1v) is 31.5. The number of esters is 1. The molecule has 2 saturated heterocycles. The molecule has 9 unspecified atom stereocenters. The number of amides is 10. The number of rotatable bonds is 16. The summed E-state index contributed by atoms with van der Waals surface area (Å²) in [7, 11) is 2.16. The lowest BCUT2D eigenvalue weighted by Crippen LogP contribution is -2.62. The van der Waals surface area contributed by atoms with Crippen molar-refractivity contribution in [1.29, 1.82) is 0 Å². The standard InChI is InChI=1S/C60H71N11O17S2/c1-4-29(2)48-55(82)70-49(30(3)72)56(83)66-41(26-46(62)76)53(80)67-42(27-90-89-22-19-47(77)68-50(57(84)69-48)31-9-12-33(73)13-10-31)58(85)71-21-6-8-43(71)54(81)65-40(52(79)64-28-61)7-5-20-63-51(78)32-11-16-36-39(23-32)60(88-59(36)86)37-17-14-34(74)24-44(37)87-45-25-35(75)15-18-38(45)60/h9-18,23-25,29-30,40-43,48-50,72-75H,4-8,19-22,26-28,61H2,1-3H3,(H2,62,76)(H,63,78)(H,64,79)(H,65,81)(H,66,83)(H,67,80)(H,68,77)(H,69,84)(H,70,82). The Morgan fingerprint density at radius 2 is 1.42 bits per heavy atom. The van der Waals surface area contributed by atoms with Crippen LogP contribution in [0.2, 0.25) is 0 Å². The van der Waals surface area contributed by atoms with E-state index in [9.17, 15) is 73.2 Å². The largest absolute Gasteiger partial charge is 0.508 e. The van der Waals surface area contributed by atoms with Gasteiger partial charge in [-0.3, -0.25) is 47.9 Å². The molecule has 0 radical (unpaired) electrons. The second-order valence-corrected chi connectivity index (χ2v) is 24.7. The molecule has 4 aromatic rings. The maximum absolute atomic E-state index is 14.8. The molecule has 16 N–H and O–H groups in total. The first-order valence-electron chi connectivity index (χ1n) is 29.0. The van der Waals surface area contributed by atoms with Crippen LogP contribution in [-0.2, 0) is 53.5 Å². The van der Waals surface area contributed by atoms with Gasteiger partial charge in [-0.15, -0.1) is 0 Å². The first kappa shape index (κ1) is 66.8. The molecule has 10 amide bonds. The van der Waals surface area contributed by atoms with E-state index in [-0.39, 0.29) is 102 Å². The third kappa shape index (κ3) is 15.3. The van der Waals surface area contributed by atoms with E-state index in [0.717, 1.165) is 21.6 Å². The molecule has 2 fully saturated rings. The van der Waals surface area contributed by atoms with E-state index >= 15 is 0 Å². The summed E-state index contributed by atoms with van der Waals surface area (Å²) in [5.74, 6) is -10.0. The number of carbonyl (C=O) groups excluding carboxylic acids is 11. The van der Waals surface area contributed by atoms with Crippen LogP contribution < -0.4 is 58.7 Å². The van der Waals surface area contributed by atoms with E-state index in [1.807, 2.05) is 0 Å². The summed E-state index contributed by atoms with van der Waals surface area (Å²) < 4.78 is 12.1. The van der Waals surface area contributed by atoms with Gasteiger partial charge in [-0.05, 0) is 98.7 Å². The van der Waals surface area contributed by atoms with Crippen LogP contribution >= 0.6 is 21.6 Å². The van der Waals surface area contributed by atoms with Crippen LogP contribution in [0.4, 0.5) is 0 Å². The lowest BCUT2D eigenvalue weighted by atomic mass is 9.77. The van der Waals surface area contributed by atoms with Crippen molar-refractivity contribution in [3.8, 4) is 28.7 Å². The lowest BCUT2D eigenvalue weighted by Gasteiger charge is -2.36. The summed E-state index contributed by atoms with van der Waals surface area (Å²) in [6.07, 6.45) is -1.86. The minimum atomic E-state index is -1.80. The molecule has 1 spiro atoms. The second kappa shape index (κ2) is 29.5. The normalized spacial score (nSPS) is 22.2. The topological polar surface area (TPSA) is 439 Å². The molecular formula is C60H71N11O17S2. The average molecular weight is 1280 g/mol. The summed E-state index contributed by atoms with van der Waals surface area (Å²) in [6, 6.07) is 8.04. The Morgan fingerprint density at radius 3 is 2.07 bits per heavy atom. The van der Waals surface area contributed by atoms with Crippen molar-refractivity contribution in [1.82, 2.24) is 47.4 Å². The predicted octanol–water partition coefficient (Wildman–Crippen LogP) is 0.274. The molecule has 8 rings (SSSR count). The Balaban J connectivity index is 0.970. The number of aliphatic hydroxyl groups excluding tert-OH is 1. The van der Waals surface area contributed by atoms with E-state index in [2.05, 4.69) is 42.5 Å². The number of hydrogen-bond acceptors (Lipinski definition) is 20. The maximum Gasteiger partial charge on any atom is 0.340 e. The molecule has 0 aliphatic carbocycles. The molecule has 0 aromatic heterocycles. The molecular weight excluding hydrogens is 1210 g/mol. The van der Waals surface area contributed by atoms with Gasteiger partial charge in [0, 0.05) is 65.4 Å². The number of ether oxygens (including phenoxy) is 2. The van der Waals surface area contributed by atoms with Crippen molar-refractivity contribution < 1.29 is 82.6 Å². The van der Waals surface area contributed by atoms with Gasteiger partial charge in [0.05, 0.1) is 24.8 Å². The fraction of sp³-hybridized carbons (Fsp3) is 0.417. The second-order valence-electron chi connectivity index (χ2n) is 22.0. The zero-order valence-corrected chi connectivity index (χ0v) is 50.8. The van der Waals surface area contributed by atoms with Crippen LogP contribution in [0.5, 0.6) is 28.7 Å². The highest BCUT2D eigenvalue weighted by molar-refractivity contribution is 8.76. The quantitative estimate of drug-likeness (QED) is 0.0310. The summed E-state index contributed by atoms with van der Waals surface area (Å²) in [4.78, 5) is 154. The van der Waals surface area contributed by atoms with E-state index in [1.165, 1.54) is 90.7 Å². The highest BCUT2D eigenvalue weighted by Crippen LogP contribution is 2.57. The lowest BCUT2D eigenvalue weighted by molar-refractivity contribution is -0.142. The molecule has 28 nitrogen and oxygen atoms in total. The van der Waals surface area contributed by atoms with Crippen LogP contribution in [0.15, 0.2) is 78.9 Å². The van der Waals surface area contributed by atoms with Crippen LogP contribution in [0, 0.1) is 5.92 Å². The number of nitrogens with zero attached hydrogens (tertiary/aromatic N) is 1. The van der Waals surface area contributed by atoms with Gasteiger partial charge < -0.3 is 88.8 Å². The van der Waals surface area contributed by atoms with Crippen molar-refractivity contribution in [3.63, 3.8) is 0 Å². The first-order chi connectivity index (χ1) is 42.9. The minimum Gasteiger partial charge on any atom is -0.508 e. The van der Waals surface area contributed by atoms with Crippen LogP contribution in [-0.4, -0.2) is 164 Å². The number of aliphatic hydroxyl groups is 1. The average Bonchev–Trinajstić information content (AvgIpc) is 1.73. The van der Waals surface area contributed by atoms with Crippen molar-refractivity contribution in [2.75, 3.05) is 31.3 Å². The molecule has 30 heteroatoms. The Bertz CT molecular complexity index is 3390. The van der Waals surface area contributed by atoms with Crippen LogP contribution in [0.25, 0.3) is 0 Å². The molecule has 90 heavy (non-hydrogen) atoms. The summed E-state index contributed by atoms with van der Waals surface area (Å²) in [5, 5.41) is 62.2. The highest BCUT2D eigenvalue weighted by atomic mass is 33.1. The van der Waals surface area contributed by atoms with Gasteiger partial charge in [0.1, 0.15) is 71.0 Å². The third-order valence-electron chi connectivity index (χ3n) is 15.8. The van der Waals surface area contributed by atoms with E-state index in [1.54, 1.807) is 13.8 Å². The Morgan fingerprint density at radius 1 is 0.767 bits per heavy atom. The summed E-state index contributed by atoms with van der Waals surface area (Å²) in [6.45, 7) is 4.21. The van der Waals surface area contributed by atoms with Crippen molar-refractivity contribution >= 4 is 86.6 Å². The number of phenolic OH excluding ortho intramolecular Hbond substituents is 3. The Labute approximate surface area is 523 Å². The molecule has 0 bridgehead atoms. The molecule has 4 heterocycles. The molecule has 480 valence electrons. The van der Waals surface area contributed by atoms with Gasteiger partial charge in [0.15, 0.2) is 5.60 Å². The smallest absolute Gasteiger partial charge is 0.340 e. The Hall–Kier alpha value is -9.13. The number of nitrogens with two attached hydrogens (primary N) is 2. The number of phenols is 3. The van der Waals surface area contributed by atoms with Crippen LogP contribution in [0.3, 0.4) is 0 Å². The number of nitrogens with one attached hydrogen (secondary N) is 8. The highest BCUT2D eigenvalue weighted by Gasteiger charge is 2.54. The molecule has 4 aromatic carbocycles. The van der Waals surface area contributed by atoms with Crippen molar-refractivity contribution in [2.45, 2.75) is 120 Å². The number of aromatic hydroxyl groups is 3. The predicted molar refractivity (Wildman–Crippen MR) is 325 cm³/mol. The molecule has 4 aliphatic heterocycles. The van der Waals surface area contributed by atoms with Gasteiger partial charge in [-0.2, -0.15) is 0 Å². The zero-order valence-electron chi connectivity index (χ0n) is 49.2. The van der Waals surface area contributed by atoms with Crippen molar-refractivity contribution in [2.24, 2.45) is 17.4 Å². The van der Waals surface area contributed by atoms with Gasteiger partial charge in [0.2, 0.25) is 53.2 Å². The number of primary amides is 1. The van der Waals surface area contributed by atoms with Gasteiger partial charge in [-0.25, -0.2) is 4.79 Å². The number of benzene rings is 4. The Kier molecular flexibility index (Phi) is 21.9. The summed E-state index contributed by atoms with van der Waals surface area (Å²) >= 11 is 0. The fourth-order valence-corrected chi connectivity index (χ4v) is 13.1. The van der Waals surface area contributed by atoms with Crippen molar-refractivity contribution in [3.05, 3.63) is 112 Å². The molecule has 9 atom stereocenters. The van der Waals surface area contributed by atoms with Gasteiger partial charge in [0.25, 0.3) is 5.91 Å². The summed E-state index contributed by atoms with van der Waals surface area (Å²) in [5.41, 5.74) is 11.1. The molecule has 4 aliphatic rings. The van der Waals surface area contributed by atoms with Crippen LogP contribution in [0.1, 0.15) is 115 Å². The number of likely N-dealkylation sites (tertiary alicyclic amines) is 1. The van der Waals surface area contributed by atoms with Gasteiger partial charge >= 0.3 is 5.97 Å². The van der Waals surface area contributed by atoms with E-state index in [0.29, 0.717) is 29.5 Å². The van der Waals surface area contributed by atoms with E-state index < -0.39 is 131 Å². The van der Waals surface area contributed by atoms with Gasteiger partial charge in [-0.1, -0.05) is 54.0 Å². The monoisotopic (exact) mass is 1280 g/mol. The molecule has 0 saturated carbocycles. The zero-order chi connectivity index (χ0) is 65.1. The maximum atomic E-state index is 14.8. The number of hydrogen-bond donors (Lipinski definition) is 14. The minimum absolute atomic E-state index is 0.00167. The number of carbonyl (C=O) groups is 11. The van der Waals surface area contributed by atoms with E-state index in [4.69, 9.17) is 20.9 Å².